The fraction of sp³-hybridized carbons (Fsp3) is 0.938. The smallest absolute Gasteiger partial charge is 0.191 e. The molecule has 3 atom stereocenters. The van der Waals surface area contributed by atoms with Crippen molar-refractivity contribution < 1.29 is 4.74 Å². The van der Waals surface area contributed by atoms with Crippen LogP contribution >= 0.6 is 11.8 Å². The Kier molecular flexibility index (Phi) is 4.17. The van der Waals surface area contributed by atoms with Gasteiger partial charge >= 0.3 is 0 Å². The fourth-order valence-corrected chi connectivity index (χ4v) is 4.38. The number of guanidine groups is 1. The van der Waals surface area contributed by atoms with E-state index in [0.717, 1.165) is 19.1 Å². The van der Waals surface area contributed by atoms with Crippen LogP contribution < -0.4 is 10.6 Å². The first-order valence-corrected chi connectivity index (χ1v) is 9.39. The number of nitrogens with one attached hydrogen (secondary N) is 2. The number of aliphatic imine (C=N–C) groups is 1. The summed E-state index contributed by atoms with van der Waals surface area (Å²) >= 11 is 1.88. The maximum absolute atomic E-state index is 5.98. The molecule has 1 saturated heterocycles. The van der Waals surface area contributed by atoms with Crippen molar-refractivity contribution in [2.24, 2.45) is 16.3 Å². The van der Waals surface area contributed by atoms with E-state index in [1.807, 2.05) is 18.8 Å². The van der Waals surface area contributed by atoms with Gasteiger partial charge in [0.1, 0.15) is 0 Å². The van der Waals surface area contributed by atoms with E-state index in [9.17, 15) is 0 Å². The highest BCUT2D eigenvalue weighted by atomic mass is 32.2. The molecule has 120 valence electrons. The van der Waals surface area contributed by atoms with Gasteiger partial charge in [-0.25, -0.2) is 0 Å². The Morgan fingerprint density at radius 3 is 2.76 bits per heavy atom. The minimum absolute atomic E-state index is 0.227. The summed E-state index contributed by atoms with van der Waals surface area (Å²) in [7, 11) is 1.87. The maximum atomic E-state index is 5.98. The molecular formula is C16H29N3OS. The van der Waals surface area contributed by atoms with E-state index in [2.05, 4.69) is 35.7 Å². The van der Waals surface area contributed by atoms with Crippen molar-refractivity contribution in [2.45, 2.75) is 56.4 Å². The van der Waals surface area contributed by atoms with Gasteiger partial charge in [0, 0.05) is 42.3 Å². The van der Waals surface area contributed by atoms with Crippen LogP contribution in [0.25, 0.3) is 0 Å². The van der Waals surface area contributed by atoms with Gasteiger partial charge in [0.25, 0.3) is 0 Å². The van der Waals surface area contributed by atoms with Crippen molar-refractivity contribution in [1.29, 1.82) is 0 Å². The van der Waals surface area contributed by atoms with Crippen LogP contribution in [0.3, 0.4) is 0 Å². The van der Waals surface area contributed by atoms with Gasteiger partial charge in [-0.3, -0.25) is 4.99 Å². The normalized spacial score (nSPS) is 34.1. The monoisotopic (exact) mass is 311 g/mol. The van der Waals surface area contributed by atoms with Gasteiger partial charge in [0.05, 0.1) is 6.10 Å². The van der Waals surface area contributed by atoms with E-state index in [0.29, 0.717) is 23.5 Å². The molecule has 0 amide bonds. The summed E-state index contributed by atoms with van der Waals surface area (Å²) < 4.78 is 6.21. The second kappa shape index (κ2) is 5.65. The zero-order chi connectivity index (χ0) is 15.1. The van der Waals surface area contributed by atoms with E-state index in [1.165, 1.54) is 25.7 Å². The van der Waals surface area contributed by atoms with E-state index < -0.39 is 0 Å². The zero-order valence-electron chi connectivity index (χ0n) is 13.7. The molecule has 5 heteroatoms. The number of hydrogen-bond acceptors (Lipinski definition) is 3. The number of hydrogen-bond donors (Lipinski definition) is 2. The van der Waals surface area contributed by atoms with Crippen LogP contribution in [0.1, 0.15) is 39.5 Å². The van der Waals surface area contributed by atoms with Crippen molar-refractivity contribution in [3.05, 3.63) is 0 Å². The van der Waals surface area contributed by atoms with Crippen LogP contribution in [0.5, 0.6) is 0 Å². The predicted octanol–water partition coefficient (Wildman–Crippen LogP) is 2.25. The average molecular weight is 311 g/mol. The van der Waals surface area contributed by atoms with Crippen molar-refractivity contribution >= 4 is 17.7 Å². The highest BCUT2D eigenvalue weighted by Gasteiger charge is 2.66. The van der Waals surface area contributed by atoms with Crippen molar-refractivity contribution in [3.8, 4) is 0 Å². The predicted molar refractivity (Wildman–Crippen MR) is 90.0 cm³/mol. The fourth-order valence-electron chi connectivity index (χ4n) is 4.17. The van der Waals surface area contributed by atoms with Gasteiger partial charge in [-0.05, 0) is 39.4 Å². The summed E-state index contributed by atoms with van der Waals surface area (Å²) in [5, 5.41) is 7.22. The Bertz CT molecular complexity index is 420. The second-order valence-electron chi connectivity index (χ2n) is 7.34. The summed E-state index contributed by atoms with van der Waals surface area (Å²) in [4.78, 5) is 4.43. The molecule has 2 aliphatic carbocycles. The van der Waals surface area contributed by atoms with Crippen molar-refractivity contribution in [3.63, 3.8) is 0 Å². The molecule has 1 spiro atoms. The number of thioether (sulfide) groups is 1. The average Bonchev–Trinajstić information content (AvgIpc) is 2.82. The molecule has 0 radical (unpaired) electrons. The van der Waals surface area contributed by atoms with Gasteiger partial charge in [0.15, 0.2) is 5.96 Å². The van der Waals surface area contributed by atoms with Gasteiger partial charge in [-0.15, -0.1) is 0 Å². The Labute approximate surface area is 132 Å². The minimum atomic E-state index is 0.227. The number of ether oxygens (including phenoxy) is 1. The number of rotatable bonds is 4. The topological polar surface area (TPSA) is 45.7 Å². The van der Waals surface area contributed by atoms with Crippen molar-refractivity contribution in [2.75, 3.05) is 26.5 Å². The summed E-state index contributed by atoms with van der Waals surface area (Å²) in [6, 6.07) is 0.558. The van der Waals surface area contributed by atoms with E-state index in [1.54, 1.807) is 0 Å². The van der Waals surface area contributed by atoms with Gasteiger partial charge < -0.3 is 15.4 Å². The maximum Gasteiger partial charge on any atom is 0.191 e. The molecule has 0 aromatic rings. The van der Waals surface area contributed by atoms with Crippen LogP contribution in [0.4, 0.5) is 0 Å². The molecule has 1 aliphatic heterocycles. The first-order chi connectivity index (χ1) is 10.0. The van der Waals surface area contributed by atoms with E-state index in [4.69, 9.17) is 4.74 Å². The molecule has 3 rings (SSSR count). The molecule has 3 unspecified atom stereocenters. The molecule has 0 bridgehead atoms. The summed E-state index contributed by atoms with van der Waals surface area (Å²) in [6.07, 6.45) is 7.88. The molecule has 4 nitrogen and oxygen atoms in total. The quantitative estimate of drug-likeness (QED) is 0.617. The third kappa shape index (κ3) is 2.56. The SMILES string of the molecule is CN=C(NCC(C)(C)SC)NC1C2CCOC2C12CCC2. The second-order valence-corrected chi connectivity index (χ2v) is 8.86. The molecule has 2 saturated carbocycles. The molecule has 2 N–H and O–H groups in total. The molecule has 1 heterocycles. The largest absolute Gasteiger partial charge is 0.377 e. The highest BCUT2D eigenvalue weighted by molar-refractivity contribution is 7.99. The molecule has 0 aromatic carbocycles. The Balaban J connectivity index is 1.59. The molecule has 21 heavy (non-hydrogen) atoms. The first-order valence-electron chi connectivity index (χ1n) is 8.16. The summed E-state index contributed by atoms with van der Waals surface area (Å²) in [6.45, 7) is 6.39. The lowest BCUT2D eigenvalue weighted by atomic mass is 9.46. The number of fused-ring (bicyclic) bond motifs is 2. The zero-order valence-corrected chi connectivity index (χ0v) is 14.6. The van der Waals surface area contributed by atoms with Gasteiger partial charge in [-0.2, -0.15) is 11.8 Å². The minimum Gasteiger partial charge on any atom is -0.377 e. The molecule has 3 fully saturated rings. The Morgan fingerprint density at radius 2 is 2.19 bits per heavy atom. The van der Waals surface area contributed by atoms with Gasteiger partial charge in [-0.1, -0.05) is 6.42 Å². The lowest BCUT2D eigenvalue weighted by Crippen LogP contribution is -2.72. The van der Waals surface area contributed by atoms with Crippen LogP contribution in [0.15, 0.2) is 4.99 Å². The van der Waals surface area contributed by atoms with Gasteiger partial charge in [0.2, 0.25) is 0 Å². The third-order valence-electron chi connectivity index (χ3n) is 5.79. The highest BCUT2D eigenvalue weighted by Crippen LogP contribution is 2.62. The van der Waals surface area contributed by atoms with E-state index >= 15 is 0 Å². The lowest BCUT2D eigenvalue weighted by Gasteiger charge is -2.63. The molecule has 3 aliphatic rings. The van der Waals surface area contributed by atoms with Crippen LogP contribution in [-0.2, 0) is 4.74 Å². The lowest BCUT2D eigenvalue weighted by molar-refractivity contribution is -0.171. The van der Waals surface area contributed by atoms with Crippen molar-refractivity contribution in [1.82, 2.24) is 10.6 Å². The Hall–Kier alpha value is -0.420. The summed E-state index contributed by atoms with van der Waals surface area (Å²) in [5.41, 5.74) is 0.411. The molecule has 0 aromatic heterocycles. The Morgan fingerprint density at radius 1 is 1.43 bits per heavy atom. The van der Waals surface area contributed by atoms with Crippen LogP contribution in [0.2, 0.25) is 0 Å². The first kappa shape index (κ1) is 15.5. The van der Waals surface area contributed by atoms with Crippen LogP contribution in [0, 0.1) is 11.3 Å². The molecular weight excluding hydrogens is 282 g/mol. The standard InChI is InChI=1S/C16H29N3OS/c1-15(2,21-4)10-18-14(17-3)19-12-11-6-9-20-13(11)16(12)7-5-8-16/h11-13H,5-10H2,1-4H3,(H2,17,18,19). The third-order valence-corrected chi connectivity index (χ3v) is 7.04. The van der Waals surface area contributed by atoms with E-state index in [-0.39, 0.29) is 4.75 Å². The van der Waals surface area contributed by atoms with Crippen LogP contribution in [-0.4, -0.2) is 49.3 Å². The number of nitrogens with zero attached hydrogens (tertiary/aromatic N) is 1. The summed E-state index contributed by atoms with van der Waals surface area (Å²) in [5.74, 6) is 1.65.